The number of hydrogen-bond donors (Lipinski definition) is 1. The molecule has 2 rings (SSSR count). The first-order valence-corrected chi connectivity index (χ1v) is 6.98. The quantitative estimate of drug-likeness (QED) is 0.818. The average Bonchev–Trinajstić information content (AvgIpc) is 2.60. The lowest BCUT2D eigenvalue weighted by Gasteiger charge is -2.36. The van der Waals surface area contributed by atoms with E-state index in [1.807, 2.05) is 0 Å². The fraction of sp³-hybridized carbons (Fsp3) is 0.929. The molecule has 2 aliphatic heterocycles. The largest absolute Gasteiger partial charge is 0.381 e. The molecule has 0 bridgehead atoms. The minimum atomic E-state index is 0.0661. The first-order valence-electron chi connectivity index (χ1n) is 6.98. The van der Waals surface area contributed by atoms with E-state index in [2.05, 4.69) is 19.2 Å². The Morgan fingerprint density at radius 2 is 2.35 bits per heavy atom. The van der Waals surface area contributed by atoms with Crippen LogP contribution in [0.2, 0.25) is 0 Å². The molecule has 98 valence electrons. The molecule has 0 saturated carbocycles. The molecule has 2 fully saturated rings. The monoisotopic (exact) mass is 239 g/mol. The van der Waals surface area contributed by atoms with E-state index in [0.717, 1.165) is 32.5 Å². The predicted octanol–water partition coefficient (Wildman–Crippen LogP) is 2.50. The third-order valence-electron chi connectivity index (χ3n) is 3.97. The number of nitrogens with one attached hydrogen (secondary N) is 1. The molecule has 3 nitrogen and oxygen atoms in total. The SMILES string of the molecule is CC(C)CC1(CC2CCCOC2)CCC(=O)N1. The van der Waals surface area contributed by atoms with E-state index in [1.165, 1.54) is 12.8 Å². The maximum absolute atomic E-state index is 11.5. The van der Waals surface area contributed by atoms with Crippen molar-refractivity contribution in [2.24, 2.45) is 11.8 Å². The fourth-order valence-electron chi connectivity index (χ4n) is 3.47. The number of hydrogen-bond acceptors (Lipinski definition) is 2. The lowest BCUT2D eigenvalue weighted by molar-refractivity contribution is -0.120. The molecule has 0 aliphatic carbocycles. The van der Waals surface area contributed by atoms with Gasteiger partial charge in [0.2, 0.25) is 5.91 Å². The van der Waals surface area contributed by atoms with Crippen LogP contribution in [0.5, 0.6) is 0 Å². The zero-order valence-corrected chi connectivity index (χ0v) is 11.1. The summed E-state index contributed by atoms with van der Waals surface area (Å²) in [6, 6.07) is 0. The van der Waals surface area contributed by atoms with Crippen LogP contribution in [0.3, 0.4) is 0 Å². The van der Waals surface area contributed by atoms with Gasteiger partial charge in [0.25, 0.3) is 0 Å². The molecule has 1 amide bonds. The Labute approximate surface area is 104 Å². The number of amides is 1. The normalized spacial score (nSPS) is 34.1. The molecule has 2 saturated heterocycles. The Morgan fingerprint density at radius 1 is 1.53 bits per heavy atom. The van der Waals surface area contributed by atoms with Crippen molar-refractivity contribution in [2.45, 2.75) is 57.9 Å². The Bertz CT molecular complexity index is 271. The van der Waals surface area contributed by atoms with Gasteiger partial charge in [0, 0.05) is 25.2 Å². The van der Waals surface area contributed by atoms with Crippen LogP contribution in [-0.2, 0) is 9.53 Å². The van der Waals surface area contributed by atoms with Crippen molar-refractivity contribution in [3.8, 4) is 0 Å². The van der Waals surface area contributed by atoms with E-state index in [1.54, 1.807) is 0 Å². The van der Waals surface area contributed by atoms with E-state index in [4.69, 9.17) is 4.74 Å². The second kappa shape index (κ2) is 5.38. The highest BCUT2D eigenvalue weighted by molar-refractivity contribution is 5.79. The molecule has 0 spiro atoms. The zero-order valence-electron chi connectivity index (χ0n) is 11.1. The van der Waals surface area contributed by atoms with Crippen molar-refractivity contribution in [2.75, 3.05) is 13.2 Å². The Hall–Kier alpha value is -0.570. The van der Waals surface area contributed by atoms with Crippen LogP contribution in [0, 0.1) is 11.8 Å². The summed E-state index contributed by atoms with van der Waals surface area (Å²) in [6.45, 7) is 6.28. The third kappa shape index (κ3) is 3.44. The van der Waals surface area contributed by atoms with Crippen LogP contribution >= 0.6 is 0 Å². The van der Waals surface area contributed by atoms with Crippen LogP contribution in [0.25, 0.3) is 0 Å². The molecular formula is C14H25NO2. The van der Waals surface area contributed by atoms with Gasteiger partial charge >= 0.3 is 0 Å². The highest BCUT2D eigenvalue weighted by atomic mass is 16.5. The highest BCUT2D eigenvalue weighted by Gasteiger charge is 2.39. The second-order valence-corrected chi connectivity index (χ2v) is 6.21. The number of rotatable bonds is 4. The van der Waals surface area contributed by atoms with Crippen molar-refractivity contribution in [3.63, 3.8) is 0 Å². The number of ether oxygens (including phenoxy) is 1. The van der Waals surface area contributed by atoms with Crippen molar-refractivity contribution in [3.05, 3.63) is 0 Å². The summed E-state index contributed by atoms with van der Waals surface area (Å²) in [5.74, 6) is 1.51. The molecule has 17 heavy (non-hydrogen) atoms. The first kappa shape index (κ1) is 12.9. The summed E-state index contributed by atoms with van der Waals surface area (Å²) in [5.41, 5.74) is 0.0661. The lowest BCUT2D eigenvalue weighted by atomic mass is 9.78. The Balaban J connectivity index is 1.97. The van der Waals surface area contributed by atoms with Crippen LogP contribution in [0.15, 0.2) is 0 Å². The summed E-state index contributed by atoms with van der Waals surface area (Å²) in [4.78, 5) is 11.5. The van der Waals surface area contributed by atoms with Gasteiger partial charge in [-0.3, -0.25) is 4.79 Å². The maximum atomic E-state index is 11.5. The van der Waals surface area contributed by atoms with Gasteiger partial charge in [-0.15, -0.1) is 0 Å². The fourth-order valence-corrected chi connectivity index (χ4v) is 3.47. The van der Waals surface area contributed by atoms with Crippen LogP contribution in [0.4, 0.5) is 0 Å². The van der Waals surface area contributed by atoms with E-state index >= 15 is 0 Å². The lowest BCUT2D eigenvalue weighted by Crippen LogP contribution is -2.45. The molecule has 3 heteroatoms. The molecule has 1 N–H and O–H groups in total. The molecule has 2 heterocycles. The van der Waals surface area contributed by atoms with Gasteiger partial charge in [-0.1, -0.05) is 13.8 Å². The average molecular weight is 239 g/mol. The van der Waals surface area contributed by atoms with Gasteiger partial charge in [-0.2, -0.15) is 0 Å². The topological polar surface area (TPSA) is 38.3 Å². The maximum Gasteiger partial charge on any atom is 0.220 e. The summed E-state index contributed by atoms with van der Waals surface area (Å²) in [6.07, 6.45) is 6.37. The standard InChI is InChI=1S/C14H25NO2/c1-11(2)8-14(6-5-13(16)15-14)9-12-4-3-7-17-10-12/h11-12H,3-10H2,1-2H3,(H,15,16). The number of carbonyl (C=O) groups excluding carboxylic acids is 1. The van der Waals surface area contributed by atoms with Gasteiger partial charge in [0.05, 0.1) is 0 Å². The van der Waals surface area contributed by atoms with Gasteiger partial charge in [0.1, 0.15) is 0 Å². The second-order valence-electron chi connectivity index (χ2n) is 6.21. The smallest absolute Gasteiger partial charge is 0.220 e. The first-order chi connectivity index (χ1) is 8.10. The highest BCUT2D eigenvalue weighted by Crippen LogP contribution is 2.35. The molecule has 0 aromatic heterocycles. The Morgan fingerprint density at radius 3 is 2.88 bits per heavy atom. The van der Waals surface area contributed by atoms with Crippen molar-refractivity contribution in [1.82, 2.24) is 5.32 Å². The van der Waals surface area contributed by atoms with E-state index in [9.17, 15) is 4.79 Å². The van der Waals surface area contributed by atoms with Crippen LogP contribution in [0.1, 0.15) is 52.4 Å². The minimum Gasteiger partial charge on any atom is -0.381 e. The van der Waals surface area contributed by atoms with Crippen molar-refractivity contribution >= 4 is 5.91 Å². The molecule has 0 aromatic rings. The molecular weight excluding hydrogens is 214 g/mol. The van der Waals surface area contributed by atoms with E-state index in [0.29, 0.717) is 18.3 Å². The van der Waals surface area contributed by atoms with E-state index in [-0.39, 0.29) is 11.4 Å². The molecule has 0 radical (unpaired) electrons. The number of carbonyl (C=O) groups is 1. The van der Waals surface area contributed by atoms with Gasteiger partial charge < -0.3 is 10.1 Å². The van der Waals surface area contributed by atoms with Crippen molar-refractivity contribution in [1.29, 1.82) is 0 Å². The Kier molecular flexibility index (Phi) is 4.08. The third-order valence-corrected chi connectivity index (χ3v) is 3.97. The van der Waals surface area contributed by atoms with Gasteiger partial charge in [-0.25, -0.2) is 0 Å². The zero-order chi connectivity index (χ0) is 12.3. The molecule has 2 unspecified atom stereocenters. The summed E-state index contributed by atoms with van der Waals surface area (Å²) in [5, 5.41) is 3.25. The predicted molar refractivity (Wildman–Crippen MR) is 67.7 cm³/mol. The van der Waals surface area contributed by atoms with Crippen LogP contribution < -0.4 is 5.32 Å². The summed E-state index contributed by atoms with van der Waals surface area (Å²) in [7, 11) is 0. The summed E-state index contributed by atoms with van der Waals surface area (Å²) < 4.78 is 5.56. The summed E-state index contributed by atoms with van der Waals surface area (Å²) >= 11 is 0. The molecule has 2 aliphatic rings. The minimum absolute atomic E-state index is 0.0661. The van der Waals surface area contributed by atoms with Crippen LogP contribution in [-0.4, -0.2) is 24.7 Å². The van der Waals surface area contributed by atoms with E-state index < -0.39 is 0 Å². The van der Waals surface area contributed by atoms with Gasteiger partial charge in [-0.05, 0) is 43.9 Å². The molecule has 0 aromatic carbocycles. The molecule has 2 atom stereocenters. The van der Waals surface area contributed by atoms with Crippen molar-refractivity contribution < 1.29 is 9.53 Å². The van der Waals surface area contributed by atoms with Gasteiger partial charge in [0.15, 0.2) is 0 Å².